The molecule has 3 aromatic carbocycles. The Morgan fingerprint density at radius 3 is 2.44 bits per heavy atom. The lowest BCUT2D eigenvalue weighted by molar-refractivity contribution is 0.158. The van der Waals surface area contributed by atoms with Crippen molar-refractivity contribution in [1.82, 2.24) is 0 Å². The summed E-state index contributed by atoms with van der Waals surface area (Å²) in [6.07, 6.45) is 6.97. The van der Waals surface area contributed by atoms with Gasteiger partial charge in [-0.25, -0.2) is 0 Å². The third-order valence-electron chi connectivity index (χ3n) is 7.28. The molecule has 5 rings (SSSR count). The summed E-state index contributed by atoms with van der Waals surface area (Å²) < 4.78 is 51.0. The fourth-order valence-corrected chi connectivity index (χ4v) is 6.63. The van der Waals surface area contributed by atoms with Crippen LogP contribution in [0.2, 0.25) is 0 Å². The Morgan fingerprint density at radius 1 is 1.02 bits per heavy atom. The second-order valence-corrected chi connectivity index (χ2v) is 13.1. The Morgan fingerprint density at radius 2 is 1.76 bits per heavy atom. The molecular weight excluding hydrogens is 536 g/mol. The molecular formula is C34H38O6S. The molecule has 0 radical (unpaired) electrons. The SMILES string of the molecule is CCCOc1cc(OS(=O)(=O)c2c(C)cc(C(C)C)cc2C)ccc1C1=Cc2ccc3c(c2OC1)C=CC(C)(C)O3. The highest BCUT2D eigenvalue weighted by Crippen LogP contribution is 2.44. The lowest BCUT2D eigenvalue weighted by Crippen LogP contribution is -2.27. The zero-order valence-electron chi connectivity index (χ0n) is 24.8. The van der Waals surface area contributed by atoms with Crippen LogP contribution < -0.4 is 18.4 Å². The van der Waals surface area contributed by atoms with Crippen molar-refractivity contribution in [2.75, 3.05) is 13.2 Å². The van der Waals surface area contributed by atoms with E-state index >= 15 is 0 Å². The van der Waals surface area contributed by atoms with Crippen LogP contribution in [0.4, 0.5) is 0 Å². The summed E-state index contributed by atoms with van der Waals surface area (Å²) in [4.78, 5) is 0.201. The van der Waals surface area contributed by atoms with Gasteiger partial charge in [-0.1, -0.05) is 32.9 Å². The zero-order valence-corrected chi connectivity index (χ0v) is 25.6. The number of hydrogen-bond donors (Lipinski definition) is 0. The minimum absolute atomic E-state index is 0.197. The number of ether oxygens (including phenoxy) is 3. The molecule has 2 aliphatic heterocycles. The van der Waals surface area contributed by atoms with Crippen molar-refractivity contribution >= 4 is 27.8 Å². The number of aryl methyl sites for hydroxylation is 2. The summed E-state index contributed by atoms with van der Waals surface area (Å²) in [5.74, 6) is 2.62. The Balaban J connectivity index is 1.48. The Hall–Kier alpha value is -3.71. The lowest BCUT2D eigenvalue weighted by Gasteiger charge is -2.30. The van der Waals surface area contributed by atoms with Crippen molar-refractivity contribution in [2.45, 2.75) is 71.3 Å². The first kappa shape index (κ1) is 28.8. The number of hydrogen-bond acceptors (Lipinski definition) is 6. The number of fused-ring (bicyclic) bond motifs is 3. The molecule has 6 nitrogen and oxygen atoms in total. The van der Waals surface area contributed by atoms with E-state index in [1.165, 1.54) is 0 Å². The second kappa shape index (κ2) is 10.9. The minimum Gasteiger partial charge on any atom is -0.493 e. The van der Waals surface area contributed by atoms with E-state index < -0.39 is 10.1 Å². The van der Waals surface area contributed by atoms with Crippen molar-refractivity contribution in [1.29, 1.82) is 0 Å². The van der Waals surface area contributed by atoms with Crippen LogP contribution >= 0.6 is 0 Å². The van der Waals surface area contributed by atoms with Crippen LogP contribution in [0.15, 0.2) is 53.4 Å². The maximum Gasteiger partial charge on any atom is 0.339 e. The van der Waals surface area contributed by atoms with Crippen molar-refractivity contribution < 1.29 is 26.8 Å². The quantitative estimate of drug-likeness (QED) is 0.253. The average molecular weight is 575 g/mol. The van der Waals surface area contributed by atoms with Crippen LogP contribution in [-0.4, -0.2) is 27.2 Å². The van der Waals surface area contributed by atoms with Crippen molar-refractivity contribution in [3.05, 3.63) is 81.9 Å². The molecule has 216 valence electrons. The van der Waals surface area contributed by atoms with E-state index in [0.29, 0.717) is 36.0 Å². The van der Waals surface area contributed by atoms with Crippen LogP contribution in [-0.2, 0) is 10.1 Å². The standard InChI is InChI=1S/C34H38O6S/c1-8-15-37-31-19-27(40-41(35,36)33-22(4)16-25(21(2)3)17-23(33)5)10-11-28(31)26-18-24-9-12-30-29(32(24)38-20-26)13-14-34(6,7)39-30/h9-14,16-19,21H,8,15,20H2,1-7H3. The van der Waals surface area contributed by atoms with E-state index in [1.807, 2.05) is 57.2 Å². The molecule has 0 N–H and O–H groups in total. The molecule has 0 unspecified atom stereocenters. The summed E-state index contributed by atoms with van der Waals surface area (Å²) in [7, 11) is -4.06. The molecule has 0 fully saturated rings. The first-order chi connectivity index (χ1) is 19.4. The molecule has 2 heterocycles. The molecule has 2 aliphatic rings. The van der Waals surface area contributed by atoms with E-state index in [2.05, 4.69) is 26.0 Å². The summed E-state index contributed by atoms with van der Waals surface area (Å²) in [5, 5.41) is 0. The van der Waals surface area contributed by atoms with E-state index in [1.54, 1.807) is 26.0 Å². The summed E-state index contributed by atoms with van der Waals surface area (Å²) in [6.45, 7) is 14.7. The smallest absolute Gasteiger partial charge is 0.339 e. The van der Waals surface area contributed by atoms with E-state index in [4.69, 9.17) is 18.4 Å². The predicted molar refractivity (Wildman–Crippen MR) is 164 cm³/mol. The summed E-state index contributed by atoms with van der Waals surface area (Å²) in [5.41, 5.74) is 5.69. The van der Waals surface area contributed by atoms with Gasteiger partial charge in [0.25, 0.3) is 0 Å². The zero-order chi connectivity index (χ0) is 29.5. The van der Waals surface area contributed by atoms with Gasteiger partial charge in [0, 0.05) is 22.8 Å². The minimum atomic E-state index is -4.06. The molecule has 0 amide bonds. The lowest BCUT2D eigenvalue weighted by atomic mass is 9.95. The predicted octanol–water partition coefficient (Wildman–Crippen LogP) is 8.10. The van der Waals surface area contributed by atoms with Gasteiger partial charge in [-0.2, -0.15) is 8.42 Å². The second-order valence-electron chi connectivity index (χ2n) is 11.6. The van der Waals surface area contributed by atoms with Crippen LogP contribution in [0.3, 0.4) is 0 Å². The molecule has 7 heteroatoms. The van der Waals surface area contributed by atoms with E-state index in [9.17, 15) is 8.42 Å². The third-order valence-corrected chi connectivity index (χ3v) is 8.83. The van der Waals surface area contributed by atoms with Gasteiger partial charge in [0.2, 0.25) is 0 Å². The molecule has 0 spiro atoms. The molecule has 0 aliphatic carbocycles. The molecule has 0 saturated heterocycles. The van der Waals surface area contributed by atoms with Crippen LogP contribution in [0, 0.1) is 13.8 Å². The van der Waals surface area contributed by atoms with Crippen molar-refractivity contribution in [3.63, 3.8) is 0 Å². The number of rotatable bonds is 8. The summed E-state index contributed by atoms with van der Waals surface area (Å²) >= 11 is 0. The normalized spacial score (nSPS) is 15.4. The van der Waals surface area contributed by atoms with Gasteiger partial charge in [0.15, 0.2) is 0 Å². The van der Waals surface area contributed by atoms with Crippen molar-refractivity contribution in [2.24, 2.45) is 0 Å². The van der Waals surface area contributed by atoms with Gasteiger partial charge in [-0.3, -0.25) is 0 Å². The van der Waals surface area contributed by atoms with Crippen molar-refractivity contribution in [3.8, 4) is 23.0 Å². The maximum absolute atomic E-state index is 13.4. The van der Waals surface area contributed by atoms with Crippen LogP contribution in [0.25, 0.3) is 17.7 Å². The highest BCUT2D eigenvalue weighted by atomic mass is 32.2. The van der Waals surface area contributed by atoms with Gasteiger partial charge in [0.05, 0.1) is 12.2 Å². The summed E-state index contributed by atoms with van der Waals surface area (Å²) in [6, 6.07) is 12.9. The molecule has 41 heavy (non-hydrogen) atoms. The van der Waals surface area contributed by atoms with Gasteiger partial charge in [-0.05, 0) is 99.2 Å². The van der Waals surface area contributed by atoms with Gasteiger partial charge in [0.1, 0.15) is 40.1 Å². The molecule has 3 aromatic rings. The first-order valence-electron chi connectivity index (χ1n) is 14.1. The topological polar surface area (TPSA) is 71.1 Å². The fraction of sp³-hybridized carbons (Fsp3) is 0.353. The van der Waals surface area contributed by atoms with Gasteiger partial charge in [-0.15, -0.1) is 0 Å². The van der Waals surface area contributed by atoms with E-state index in [0.717, 1.165) is 45.7 Å². The Kier molecular flexibility index (Phi) is 7.68. The highest BCUT2D eigenvalue weighted by Gasteiger charge is 2.28. The van der Waals surface area contributed by atoms with Crippen LogP contribution in [0.1, 0.15) is 80.3 Å². The first-order valence-corrected chi connectivity index (χ1v) is 15.5. The molecule has 0 bridgehead atoms. The average Bonchev–Trinajstić information content (AvgIpc) is 2.90. The van der Waals surface area contributed by atoms with E-state index in [-0.39, 0.29) is 16.2 Å². The molecule has 0 aromatic heterocycles. The Bertz CT molecular complexity index is 1640. The highest BCUT2D eigenvalue weighted by molar-refractivity contribution is 7.87. The van der Waals surface area contributed by atoms with Crippen LogP contribution in [0.5, 0.6) is 23.0 Å². The molecule has 0 atom stereocenters. The largest absolute Gasteiger partial charge is 0.493 e. The van der Waals surface area contributed by atoms with Gasteiger partial charge >= 0.3 is 10.1 Å². The fourth-order valence-electron chi connectivity index (χ4n) is 5.29. The number of benzene rings is 3. The third kappa shape index (κ3) is 5.87. The van der Waals surface area contributed by atoms with Gasteiger partial charge < -0.3 is 18.4 Å². The maximum atomic E-state index is 13.4. The molecule has 0 saturated carbocycles. The Labute approximate surface area is 243 Å². The monoisotopic (exact) mass is 574 g/mol.